The van der Waals surface area contributed by atoms with Crippen molar-refractivity contribution < 1.29 is 22.7 Å². The van der Waals surface area contributed by atoms with E-state index in [-0.39, 0.29) is 17.4 Å². The normalized spacial score (nSPS) is 12.4. The van der Waals surface area contributed by atoms with Gasteiger partial charge in [-0.15, -0.1) is 0 Å². The summed E-state index contributed by atoms with van der Waals surface area (Å²) in [5, 5.41) is 2.61. The van der Waals surface area contributed by atoms with Crippen LogP contribution in [-0.2, 0) is 30.8 Å². The van der Waals surface area contributed by atoms with E-state index in [0.717, 1.165) is 5.56 Å². The van der Waals surface area contributed by atoms with Gasteiger partial charge in [-0.3, -0.25) is 9.59 Å². The SMILES string of the molecule is CC(C)NS(=O)(=O)c1ccc(NC(=O)[C@H](C)OC(=O)CCc2ccccc2)cc1. The summed E-state index contributed by atoms with van der Waals surface area (Å²) in [5.41, 5.74) is 1.43. The third-order valence-electron chi connectivity index (χ3n) is 3.96. The van der Waals surface area contributed by atoms with Gasteiger partial charge in [-0.05, 0) is 57.0 Å². The van der Waals surface area contributed by atoms with Gasteiger partial charge in [0.2, 0.25) is 10.0 Å². The fourth-order valence-corrected chi connectivity index (χ4v) is 3.79. The van der Waals surface area contributed by atoms with Gasteiger partial charge in [-0.2, -0.15) is 0 Å². The zero-order valence-corrected chi connectivity index (χ0v) is 17.5. The molecule has 0 aliphatic carbocycles. The first-order chi connectivity index (χ1) is 13.7. The van der Waals surface area contributed by atoms with E-state index in [0.29, 0.717) is 12.1 Å². The number of hydrogen-bond donors (Lipinski definition) is 2. The van der Waals surface area contributed by atoms with Crippen molar-refractivity contribution in [3.8, 4) is 0 Å². The average molecular weight is 419 g/mol. The monoisotopic (exact) mass is 418 g/mol. The lowest BCUT2D eigenvalue weighted by Crippen LogP contribution is -2.30. The molecule has 2 rings (SSSR count). The summed E-state index contributed by atoms with van der Waals surface area (Å²) in [6.45, 7) is 4.95. The van der Waals surface area contributed by atoms with Gasteiger partial charge in [0.1, 0.15) is 0 Å². The van der Waals surface area contributed by atoms with Gasteiger partial charge in [-0.25, -0.2) is 13.1 Å². The highest BCUT2D eigenvalue weighted by atomic mass is 32.2. The van der Waals surface area contributed by atoms with Crippen LogP contribution in [0.25, 0.3) is 0 Å². The van der Waals surface area contributed by atoms with E-state index in [9.17, 15) is 18.0 Å². The van der Waals surface area contributed by atoms with Crippen molar-refractivity contribution in [2.75, 3.05) is 5.32 Å². The van der Waals surface area contributed by atoms with Crippen LogP contribution in [0, 0.1) is 0 Å². The Balaban J connectivity index is 1.86. The number of rotatable bonds is 9. The molecule has 0 spiro atoms. The Labute approximate surface area is 171 Å². The smallest absolute Gasteiger partial charge is 0.306 e. The van der Waals surface area contributed by atoms with Crippen molar-refractivity contribution in [1.29, 1.82) is 0 Å². The van der Waals surface area contributed by atoms with Crippen LogP contribution in [0.4, 0.5) is 5.69 Å². The number of benzene rings is 2. The Morgan fingerprint density at radius 2 is 1.59 bits per heavy atom. The molecule has 2 N–H and O–H groups in total. The van der Waals surface area contributed by atoms with E-state index in [1.54, 1.807) is 13.8 Å². The van der Waals surface area contributed by atoms with Crippen LogP contribution in [0.15, 0.2) is 59.5 Å². The molecule has 0 fully saturated rings. The Bertz CT molecular complexity index is 925. The first-order valence-corrected chi connectivity index (χ1v) is 10.8. The van der Waals surface area contributed by atoms with Crippen LogP contribution in [0.5, 0.6) is 0 Å². The molecule has 1 atom stereocenters. The van der Waals surface area contributed by atoms with E-state index in [1.807, 2.05) is 30.3 Å². The highest BCUT2D eigenvalue weighted by Gasteiger charge is 2.19. The van der Waals surface area contributed by atoms with Crippen molar-refractivity contribution in [3.63, 3.8) is 0 Å². The van der Waals surface area contributed by atoms with Crippen LogP contribution in [0.1, 0.15) is 32.8 Å². The number of anilines is 1. The number of sulfonamides is 1. The molecule has 8 heteroatoms. The van der Waals surface area contributed by atoms with Gasteiger partial charge in [0.25, 0.3) is 5.91 Å². The quantitative estimate of drug-likeness (QED) is 0.610. The summed E-state index contributed by atoms with van der Waals surface area (Å²) >= 11 is 0. The maximum Gasteiger partial charge on any atom is 0.306 e. The maximum atomic E-state index is 12.2. The molecule has 2 aromatic rings. The summed E-state index contributed by atoms with van der Waals surface area (Å²) < 4.78 is 31.9. The molecule has 0 aromatic heterocycles. The third-order valence-corrected chi connectivity index (χ3v) is 5.64. The highest BCUT2D eigenvalue weighted by Crippen LogP contribution is 2.15. The fourth-order valence-electron chi connectivity index (χ4n) is 2.54. The zero-order valence-electron chi connectivity index (χ0n) is 16.7. The molecule has 0 unspecified atom stereocenters. The standard InChI is InChI=1S/C21H26N2O5S/c1-15(2)23-29(26,27)19-12-10-18(11-13-19)22-21(25)16(3)28-20(24)14-9-17-7-5-4-6-8-17/h4-8,10-13,15-16,23H,9,14H2,1-3H3,(H,22,25)/t16-/m0/s1. The van der Waals surface area contributed by atoms with Crippen LogP contribution in [0.2, 0.25) is 0 Å². The van der Waals surface area contributed by atoms with Gasteiger partial charge >= 0.3 is 5.97 Å². The van der Waals surface area contributed by atoms with Gasteiger partial charge in [-0.1, -0.05) is 30.3 Å². The second-order valence-electron chi connectivity index (χ2n) is 6.91. The molecule has 0 heterocycles. The summed E-state index contributed by atoms with van der Waals surface area (Å²) in [7, 11) is -3.60. The summed E-state index contributed by atoms with van der Waals surface area (Å²) in [4.78, 5) is 24.3. The minimum absolute atomic E-state index is 0.101. The van der Waals surface area contributed by atoms with Crippen molar-refractivity contribution in [2.45, 2.75) is 50.7 Å². The highest BCUT2D eigenvalue weighted by molar-refractivity contribution is 7.89. The van der Waals surface area contributed by atoms with E-state index in [2.05, 4.69) is 10.0 Å². The van der Waals surface area contributed by atoms with Crippen molar-refractivity contribution in [1.82, 2.24) is 4.72 Å². The molecular formula is C21H26N2O5S. The van der Waals surface area contributed by atoms with E-state index < -0.39 is 28.0 Å². The lowest BCUT2D eigenvalue weighted by atomic mass is 10.1. The van der Waals surface area contributed by atoms with Gasteiger partial charge in [0, 0.05) is 18.2 Å². The number of esters is 1. The molecule has 0 aliphatic heterocycles. The second kappa shape index (κ2) is 10.2. The lowest BCUT2D eigenvalue weighted by molar-refractivity contribution is -0.153. The zero-order chi connectivity index (χ0) is 21.4. The number of nitrogens with one attached hydrogen (secondary N) is 2. The predicted octanol–water partition coefficient (Wildman–Crippen LogP) is 2.88. The second-order valence-corrected chi connectivity index (χ2v) is 8.62. The Morgan fingerprint density at radius 3 is 2.17 bits per heavy atom. The molecule has 0 bridgehead atoms. The molecule has 0 radical (unpaired) electrons. The number of hydrogen-bond acceptors (Lipinski definition) is 5. The van der Waals surface area contributed by atoms with Crippen molar-refractivity contribution in [2.24, 2.45) is 0 Å². The minimum atomic E-state index is -3.60. The molecule has 0 saturated carbocycles. The molecule has 29 heavy (non-hydrogen) atoms. The third kappa shape index (κ3) is 7.32. The molecule has 1 amide bonds. The minimum Gasteiger partial charge on any atom is -0.453 e. The molecule has 2 aromatic carbocycles. The Morgan fingerprint density at radius 1 is 0.966 bits per heavy atom. The largest absolute Gasteiger partial charge is 0.453 e. The lowest BCUT2D eigenvalue weighted by Gasteiger charge is -2.14. The Hall–Kier alpha value is -2.71. The van der Waals surface area contributed by atoms with Crippen molar-refractivity contribution >= 4 is 27.6 Å². The molecule has 0 aliphatic rings. The van der Waals surface area contributed by atoms with E-state index >= 15 is 0 Å². The first kappa shape index (κ1) is 22.6. The van der Waals surface area contributed by atoms with Gasteiger partial charge in [0.05, 0.1) is 4.90 Å². The van der Waals surface area contributed by atoms with Gasteiger partial charge < -0.3 is 10.1 Å². The molecule has 7 nitrogen and oxygen atoms in total. The van der Waals surface area contributed by atoms with Crippen LogP contribution < -0.4 is 10.0 Å². The first-order valence-electron chi connectivity index (χ1n) is 9.34. The number of ether oxygens (including phenoxy) is 1. The van der Waals surface area contributed by atoms with Crippen LogP contribution in [0.3, 0.4) is 0 Å². The molecular weight excluding hydrogens is 392 g/mol. The number of carbonyl (C=O) groups is 2. The molecule has 0 saturated heterocycles. The van der Waals surface area contributed by atoms with Crippen LogP contribution >= 0.6 is 0 Å². The number of carbonyl (C=O) groups excluding carboxylic acids is 2. The van der Waals surface area contributed by atoms with Gasteiger partial charge in [0.15, 0.2) is 6.10 Å². The molecule has 156 valence electrons. The predicted molar refractivity (Wildman–Crippen MR) is 111 cm³/mol. The number of amides is 1. The van der Waals surface area contributed by atoms with Crippen LogP contribution in [-0.4, -0.2) is 32.4 Å². The summed E-state index contributed by atoms with van der Waals surface area (Å²) in [6.07, 6.45) is -0.255. The summed E-state index contributed by atoms with van der Waals surface area (Å²) in [6, 6.07) is 15.1. The topological polar surface area (TPSA) is 102 Å². The summed E-state index contributed by atoms with van der Waals surface area (Å²) in [5.74, 6) is -0.952. The van der Waals surface area contributed by atoms with E-state index in [4.69, 9.17) is 4.74 Å². The average Bonchev–Trinajstić information content (AvgIpc) is 2.66. The Kier molecular flexibility index (Phi) is 7.92. The number of aryl methyl sites for hydroxylation is 1. The van der Waals surface area contributed by atoms with Crippen molar-refractivity contribution in [3.05, 3.63) is 60.2 Å². The fraction of sp³-hybridized carbons (Fsp3) is 0.333. The van der Waals surface area contributed by atoms with E-state index in [1.165, 1.54) is 31.2 Å². The maximum absolute atomic E-state index is 12.2.